The third kappa shape index (κ3) is 3.34. The van der Waals surface area contributed by atoms with E-state index < -0.39 is 17.4 Å². The summed E-state index contributed by atoms with van der Waals surface area (Å²) in [6.45, 7) is 1.22. The maximum Gasteiger partial charge on any atom is 0.418 e. The third-order valence-corrected chi connectivity index (χ3v) is 3.15. The van der Waals surface area contributed by atoms with E-state index in [1.165, 1.54) is 0 Å². The number of benzene rings is 1. The number of nitrogen functional groups attached to an aromatic ring is 1. The molecule has 4 nitrogen and oxygen atoms in total. The van der Waals surface area contributed by atoms with Gasteiger partial charge in [0.2, 0.25) is 0 Å². The highest BCUT2D eigenvalue weighted by atomic mass is 19.4. The summed E-state index contributed by atoms with van der Waals surface area (Å²) in [5.74, 6) is -0.0102. The monoisotopic (exact) mass is 288 g/mol. The van der Waals surface area contributed by atoms with Gasteiger partial charge in [0.25, 0.3) is 5.91 Å². The molecule has 1 aromatic carbocycles. The SMILES string of the molecule is Nc1cc(OCC(=O)N2CCCC2)ccc1C(F)(F)F. The Hall–Kier alpha value is -1.92. The Morgan fingerprint density at radius 1 is 1.30 bits per heavy atom. The number of hydrogen-bond acceptors (Lipinski definition) is 3. The van der Waals surface area contributed by atoms with Crippen LogP contribution in [-0.4, -0.2) is 30.5 Å². The molecule has 1 amide bonds. The van der Waals surface area contributed by atoms with Gasteiger partial charge in [-0.05, 0) is 25.0 Å². The molecule has 2 N–H and O–H groups in total. The van der Waals surface area contributed by atoms with Crippen molar-refractivity contribution in [2.45, 2.75) is 19.0 Å². The van der Waals surface area contributed by atoms with E-state index in [1.54, 1.807) is 4.90 Å². The van der Waals surface area contributed by atoms with E-state index >= 15 is 0 Å². The predicted octanol–water partition coefficient (Wildman–Crippen LogP) is 2.29. The van der Waals surface area contributed by atoms with Gasteiger partial charge in [-0.2, -0.15) is 13.2 Å². The molecule has 1 heterocycles. The van der Waals surface area contributed by atoms with Crippen LogP contribution in [0.25, 0.3) is 0 Å². The molecule has 0 aromatic heterocycles. The Bertz CT molecular complexity index is 497. The lowest BCUT2D eigenvalue weighted by Gasteiger charge is -2.16. The van der Waals surface area contributed by atoms with Gasteiger partial charge in [0.05, 0.1) is 5.56 Å². The maximum atomic E-state index is 12.5. The smallest absolute Gasteiger partial charge is 0.418 e. The van der Waals surface area contributed by atoms with Gasteiger partial charge in [0.15, 0.2) is 6.61 Å². The number of alkyl halides is 3. The highest BCUT2D eigenvalue weighted by Gasteiger charge is 2.32. The number of nitrogens with zero attached hydrogens (tertiary/aromatic N) is 1. The minimum Gasteiger partial charge on any atom is -0.484 e. The summed E-state index contributed by atoms with van der Waals surface area (Å²) in [6, 6.07) is 3.10. The number of rotatable bonds is 3. The van der Waals surface area contributed by atoms with Crippen LogP contribution in [0.3, 0.4) is 0 Å². The van der Waals surface area contributed by atoms with Crippen LogP contribution >= 0.6 is 0 Å². The van der Waals surface area contributed by atoms with Crippen LogP contribution in [0, 0.1) is 0 Å². The van der Waals surface area contributed by atoms with Crippen LogP contribution in [-0.2, 0) is 11.0 Å². The second-order valence-corrected chi connectivity index (χ2v) is 4.62. The summed E-state index contributed by atoms with van der Waals surface area (Å²) in [4.78, 5) is 13.4. The van der Waals surface area contributed by atoms with Gasteiger partial charge >= 0.3 is 6.18 Å². The summed E-state index contributed by atoms with van der Waals surface area (Å²) in [5.41, 5.74) is 4.02. The Balaban J connectivity index is 1.97. The molecule has 1 aliphatic heterocycles. The summed E-state index contributed by atoms with van der Waals surface area (Å²) >= 11 is 0. The van der Waals surface area contributed by atoms with Crippen molar-refractivity contribution in [1.29, 1.82) is 0 Å². The van der Waals surface area contributed by atoms with E-state index in [1.807, 2.05) is 0 Å². The lowest BCUT2D eigenvalue weighted by atomic mass is 10.1. The van der Waals surface area contributed by atoms with Crippen LogP contribution in [0.2, 0.25) is 0 Å². The fourth-order valence-corrected chi connectivity index (χ4v) is 2.09. The molecule has 0 saturated carbocycles. The van der Waals surface area contributed by atoms with E-state index in [9.17, 15) is 18.0 Å². The third-order valence-electron chi connectivity index (χ3n) is 3.15. The Labute approximate surface area is 114 Å². The minimum absolute atomic E-state index is 0.156. The maximum absolute atomic E-state index is 12.5. The van der Waals surface area contributed by atoms with Gasteiger partial charge in [0, 0.05) is 24.8 Å². The quantitative estimate of drug-likeness (QED) is 0.868. The molecular weight excluding hydrogens is 273 g/mol. The average molecular weight is 288 g/mol. The van der Waals surface area contributed by atoms with Crippen molar-refractivity contribution in [3.63, 3.8) is 0 Å². The van der Waals surface area contributed by atoms with Crippen LogP contribution in [0.5, 0.6) is 5.75 Å². The van der Waals surface area contributed by atoms with Crippen molar-refractivity contribution < 1.29 is 22.7 Å². The molecule has 0 spiro atoms. The largest absolute Gasteiger partial charge is 0.484 e. The van der Waals surface area contributed by atoms with Gasteiger partial charge in [-0.1, -0.05) is 0 Å². The number of carbonyl (C=O) groups excluding carboxylic acids is 1. The van der Waals surface area contributed by atoms with Gasteiger partial charge < -0.3 is 15.4 Å². The number of ether oxygens (including phenoxy) is 1. The first kappa shape index (κ1) is 14.5. The van der Waals surface area contributed by atoms with E-state index in [0.29, 0.717) is 13.1 Å². The molecule has 1 aromatic rings. The van der Waals surface area contributed by atoms with E-state index in [2.05, 4.69) is 0 Å². The second-order valence-electron chi connectivity index (χ2n) is 4.62. The van der Waals surface area contributed by atoms with Crippen molar-refractivity contribution in [2.75, 3.05) is 25.4 Å². The van der Waals surface area contributed by atoms with Crippen LogP contribution < -0.4 is 10.5 Å². The number of likely N-dealkylation sites (tertiary alicyclic amines) is 1. The van der Waals surface area contributed by atoms with Crippen molar-refractivity contribution >= 4 is 11.6 Å². The van der Waals surface area contributed by atoms with Crippen LogP contribution in [0.15, 0.2) is 18.2 Å². The van der Waals surface area contributed by atoms with Crippen LogP contribution in [0.1, 0.15) is 18.4 Å². The molecule has 110 valence electrons. The molecule has 2 rings (SSSR count). The number of halogens is 3. The number of amides is 1. The highest BCUT2D eigenvalue weighted by Crippen LogP contribution is 2.35. The van der Waals surface area contributed by atoms with Gasteiger partial charge in [-0.3, -0.25) is 4.79 Å². The molecule has 1 saturated heterocycles. The van der Waals surface area contributed by atoms with E-state index in [0.717, 1.165) is 31.0 Å². The first-order valence-corrected chi connectivity index (χ1v) is 6.25. The average Bonchev–Trinajstić information content (AvgIpc) is 2.88. The predicted molar refractivity (Wildman–Crippen MR) is 67.2 cm³/mol. The lowest BCUT2D eigenvalue weighted by Crippen LogP contribution is -2.32. The van der Waals surface area contributed by atoms with Crippen molar-refractivity contribution in [3.8, 4) is 5.75 Å². The Morgan fingerprint density at radius 2 is 1.95 bits per heavy atom. The number of nitrogens with two attached hydrogens (primary N) is 1. The number of hydrogen-bond donors (Lipinski definition) is 1. The molecule has 0 atom stereocenters. The molecule has 0 radical (unpaired) electrons. The molecule has 20 heavy (non-hydrogen) atoms. The topological polar surface area (TPSA) is 55.6 Å². The number of carbonyl (C=O) groups is 1. The Kier molecular flexibility index (Phi) is 4.06. The molecule has 7 heteroatoms. The van der Waals surface area contributed by atoms with Gasteiger partial charge in [0.1, 0.15) is 5.75 Å². The molecule has 1 aliphatic rings. The summed E-state index contributed by atoms with van der Waals surface area (Å²) in [7, 11) is 0. The van der Waals surface area contributed by atoms with E-state index in [4.69, 9.17) is 10.5 Å². The minimum atomic E-state index is -4.49. The van der Waals surface area contributed by atoms with Crippen molar-refractivity contribution in [3.05, 3.63) is 23.8 Å². The zero-order valence-electron chi connectivity index (χ0n) is 10.7. The summed E-state index contributed by atoms with van der Waals surface area (Å²) < 4.78 is 42.7. The first-order chi connectivity index (χ1) is 9.38. The normalized spacial score (nSPS) is 15.4. The Morgan fingerprint density at radius 3 is 2.50 bits per heavy atom. The van der Waals surface area contributed by atoms with Gasteiger partial charge in [-0.25, -0.2) is 0 Å². The molecule has 0 aliphatic carbocycles. The molecule has 0 bridgehead atoms. The summed E-state index contributed by atoms with van der Waals surface area (Å²) in [6.07, 6.45) is -2.55. The van der Waals surface area contributed by atoms with Crippen molar-refractivity contribution in [1.82, 2.24) is 4.90 Å². The highest BCUT2D eigenvalue weighted by molar-refractivity contribution is 5.78. The van der Waals surface area contributed by atoms with E-state index in [-0.39, 0.29) is 18.3 Å². The zero-order valence-corrected chi connectivity index (χ0v) is 10.7. The lowest BCUT2D eigenvalue weighted by molar-refractivity contribution is -0.137. The molecule has 1 fully saturated rings. The first-order valence-electron chi connectivity index (χ1n) is 6.25. The molecule has 0 unspecified atom stereocenters. The summed E-state index contributed by atoms with van der Waals surface area (Å²) in [5, 5.41) is 0. The van der Waals surface area contributed by atoms with Crippen LogP contribution in [0.4, 0.5) is 18.9 Å². The number of anilines is 1. The van der Waals surface area contributed by atoms with Crippen molar-refractivity contribution in [2.24, 2.45) is 0 Å². The van der Waals surface area contributed by atoms with Gasteiger partial charge in [-0.15, -0.1) is 0 Å². The fourth-order valence-electron chi connectivity index (χ4n) is 2.09. The standard InChI is InChI=1S/C13H15F3N2O2/c14-13(15,16)10-4-3-9(7-11(10)17)20-8-12(19)18-5-1-2-6-18/h3-4,7H,1-2,5-6,8,17H2. The second kappa shape index (κ2) is 5.60. The zero-order chi connectivity index (χ0) is 14.8. The molecular formula is C13H15F3N2O2. The fraction of sp³-hybridized carbons (Fsp3) is 0.462.